The van der Waals surface area contributed by atoms with Crippen LogP contribution in [0.5, 0.6) is 0 Å². The molecule has 0 saturated heterocycles. The first kappa shape index (κ1) is 13.4. The van der Waals surface area contributed by atoms with Crippen LogP contribution in [0.4, 0.5) is 0 Å². The second kappa shape index (κ2) is 3.72. The summed E-state index contributed by atoms with van der Waals surface area (Å²) in [6.45, 7) is 0. The summed E-state index contributed by atoms with van der Waals surface area (Å²) in [7, 11) is 2.89. The highest BCUT2D eigenvalue weighted by Gasteiger charge is 3.00. The van der Waals surface area contributed by atoms with Crippen LogP contribution in [0, 0.1) is 38.9 Å². The minimum Gasteiger partial charge on any atom is -0.386 e. The Morgan fingerprint density at radius 2 is 1.70 bits per heavy atom. The predicted octanol–water partition coefficient (Wildman–Crippen LogP) is 1.29. The number of amidine groups is 1. The molecular formula is C14H18N4O2. The SMILES string of the molecule is COC1(OC)N=C(N)[C@@]2(C#N)C3(CCCCC3)[C@]12C#N. The molecular weight excluding hydrogens is 256 g/mol. The van der Waals surface area contributed by atoms with Crippen LogP contribution in [0.1, 0.15) is 32.1 Å². The summed E-state index contributed by atoms with van der Waals surface area (Å²) in [5.41, 5.74) is 3.39. The molecule has 3 aliphatic rings. The van der Waals surface area contributed by atoms with Gasteiger partial charge in [-0.25, -0.2) is 4.99 Å². The molecule has 2 atom stereocenters. The minimum atomic E-state index is -1.46. The summed E-state index contributed by atoms with van der Waals surface area (Å²) in [6.07, 6.45) is 4.68. The van der Waals surface area contributed by atoms with Crippen LogP contribution in [0.25, 0.3) is 0 Å². The molecule has 0 aromatic heterocycles. The minimum absolute atomic E-state index is 0.187. The molecule has 106 valence electrons. The Labute approximate surface area is 118 Å². The first-order valence-corrected chi connectivity index (χ1v) is 6.86. The summed E-state index contributed by atoms with van der Waals surface area (Å²) in [5.74, 6) is -1.27. The predicted molar refractivity (Wildman–Crippen MR) is 70.0 cm³/mol. The van der Waals surface area contributed by atoms with E-state index < -0.39 is 22.2 Å². The van der Waals surface area contributed by atoms with Crippen molar-refractivity contribution in [3.63, 3.8) is 0 Å². The van der Waals surface area contributed by atoms with Crippen molar-refractivity contribution in [3.05, 3.63) is 0 Å². The van der Waals surface area contributed by atoms with E-state index in [1.807, 2.05) is 0 Å². The zero-order valence-electron chi connectivity index (χ0n) is 11.8. The standard InChI is InChI=1S/C14H18N4O2/c1-19-14(20-2)13(9-16)11(6-4-3-5-7-11)12(13,8-15)10(17)18-14/h3-7H2,1-2H3,(H2,17,18)/t12-,13-/m0/s1. The Kier molecular flexibility index (Phi) is 2.48. The Morgan fingerprint density at radius 3 is 2.15 bits per heavy atom. The molecule has 20 heavy (non-hydrogen) atoms. The van der Waals surface area contributed by atoms with Crippen LogP contribution in [0.15, 0.2) is 4.99 Å². The summed E-state index contributed by atoms with van der Waals surface area (Å²) < 4.78 is 10.9. The molecule has 3 rings (SSSR count). The van der Waals surface area contributed by atoms with Gasteiger partial charge in [-0.2, -0.15) is 10.5 Å². The number of nitrogens with two attached hydrogens (primary N) is 1. The Balaban J connectivity index is 2.26. The molecule has 0 amide bonds. The number of ether oxygens (including phenoxy) is 2. The van der Waals surface area contributed by atoms with Gasteiger partial charge in [0.25, 0.3) is 5.91 Å². The van der Waals surface area contributed by atoms with E-state index in [4.69, 9.17) is 15.2 Å². The molecule has 1 aliphatic heterocycles. The van der Waals surface area contributed by atoms with Crippen LogP contribution < -0.4 is 5.73 Å². The average Bonchev–Trinajstić information content (AvgIpc) is 2.89. The number of aliphatic imine (C=N–C) groups is 1. The quantitative estimate of drug-likeness (QED) is 0.764. The second-order valence-electron chi connectivity index (χ2n) is 5.85. The summed E-state index contributed by atoms with van der Waals surface area (Å²) in [4.78, 5) is 4.23. The van der Waals surface area contributed by atoms with E-state index in [1.165, 1.54) is 14.2 Å². The molecule has 0 unspecified atom stereocenters. The first-order chi connectivity index (χ1) is 9.58. The highest BCUT2D eigenvalue weighted by molar-refractivity contribution is 6.00. The molecule has 6 heteroatoms. The molecule has 2 N–H and O–H groups in total. The number of nitriles is 2. The van der Waals surface area contributed by atoms with E-state index in [0.29, 0.717) is 0 Å². The van der Waals surface area contributed by atoms with Gasteiger partial charge in [-0.1, -0.05) is 19.3 Å². The van der Waals surface area contributed by atoms with Crippen LogP contribution in [0.2, 0.25) is 0 Å². The van der Waals surface area contributed by atoms with Gasteiger partial charge in [0, 0.05) is 19.6 Å². The van der Waals surface area contributed by atoms with Crippen LogP contribution >= 0.6 is 0 Å². The van der Waals surface area contributed by atoms with E-state index in [9.17, 15) is 10.5 Å². The lowest BCUT2D eigenvalue weighted by molar-refractivity contribution is -0.238. The Bertz CT molecular complexity index is 563. The number of rotatable bonds is 2. The van der Waals surface area contributed by atoms with Gasteiger partial charge in [-0.05, 0) is 12.8 Å². The number of nitrogens with zero attached hydrogens (tertiary/aromatic N) is 3. The number of methoxy groups -OCH3 is 2. The van der Waals surface area contributed by atoms with Gasteiger partial charge < -0.3 is 15.2 Å². The Morgan fingerprint density at radius 1 is 1.10 bits per heavy atom. The fourth-order valence-corrected chi connectivity index (χ4v) is 4.89. The van der Waals surface area contributed by atoms with E-state index in [-0.39, 0.29) is 5.84 Å². The molecule has 0 aromatic carbocycles. The summed E-state index contributed by atoms with van der Waals surface area (Å²) in [6, 6.07) is 4.62. The normalized spacial score (nSPS) is 39.5. The van der Waals surface area contributed by atoms with Crippen LogP contribution in [-0.2, 0) is 9.47 Å². The van der Waals surface area contributed by atoms with Crippen molar-refractivity contribution in [3.8, 4) is 12.1 Å². The number of fused-ring (bicyclic) bond motifs is 3. The monoisotopic (exact) mass is 274 g/mol. The van der Waals surface area contributed by atoms with Gasteiger partial charge in [-0.3, -0.25) is 0 Å². The van der Waals surface area contributed by atoms with Gasteiger partial charge in [-0.15, -0.1) is 0 Å². The van der Waals surface area contributed by atoms with Crippen LogP contribution in [-0.4, -0.2) is 26.0 Å². The maximum absolute atomic E-state index is 9.91. The third-order valence-corrected chi connectivity index (χ3v) is 5.66. The van der Waals surface area contributed by atoms with Gasteiger partial charge in [0.05, 0.1) is 12.1 Å². The summed E-state index contributed by atoms with van der Waals surface area (Å²) in [5, 5.41) is 19.7. The fraction of sp³-hybridized carbons (Fsp3) is 0.786. The van der Waals surface area contributed by atoms with E-state index in [2.05, 4.69) is 17.1 Å². The first-order valence-electron chi connectivity index (χ1n) is 6.86. The molecule has 2 aliphatic carbocycles. The molecule has 0 radical (unpaired) electrons. The zero-order valence-corrected chi connectivity index (χ0v) is 11.8. The van der Waals surface area contributed by atoms with Gasteiger partial charge in [0.2, 0.25) is 0 Å². The van der Waals surface area contributed by atoms with Gasteiger partial charge in [0.15, 0.2) is 5.41 Å². The van der Waals surface area contributed by atoms with Crippen molar-refractivity contribution in [2.45, 2.75) is 38.0 Å². The van der Waals surface area contributed by atoms with Crippen molar-refractivity contribution in [2.75, 3.05) is 14.2 Å². The molecule has 0 aromatic rings. The van der Waals surface area contributed by atoms with Crippen molar-refractivity contribution >= 4 is 5.84 Å². The molecule has 1 spiro atoms. The van der Waals surface area contributed by atoms with Crippen molar-refractivity contribution in [1.82, 2.24) is 0 Å². The molecule has 2 fully saturated rings. The smallest absolute Gasteiger partial charge is 0.292 e. The maximum atomic E-state index is 9.91. The Hall–Kier alpha value is -1.63. The van der Waals surface area contributed by atoms with Crippen molar-refractivity contribution in [2.24, 2.45) is 27.0 Å². The van der Waals surface area contributed by atoms with Crippen LogP contribution in [0.3, 0.4) is 0 Å². The summed E-state index contributed by atoms with van der Waals surface area (Å²) >= 11 is 0. The molecule has 6 nitrogen and oxygen atoms in total. The van der Waals surface area contributed by atoms with E-state index >= 15 is 0 Å². The van der Waals surface area contributed by atoms with Crippen molar-refractivity contribution in [1.29, 1.82) is 10.5 Å². The molecule has 0 bridgehead atoms. The van der Waals surface area contributed by atoms with Gasteiger partial charge >= 0.3 is 0 Å². The highest BCUT2D eigenvalue weighted by Crippen LogP contribution is 2.88. The third kappa shape index (κ3) is 0.905. The topological polar surface area (TPSA) is 104 Å². The number of hydrogen-bond acceptors (Lipinski definition) is 6. The zero-order chi connectivity index (χ0) is 14.6. The molecule has 1 heterocycles. The van der Waals surface area contributed by atoms with E-state index in [1.54, 1.807) is 0 Å². The van der Waals surface area contributed by atoms with Gasteiger partial charge in [0.1, 0.15) is 11.3 Å². The largest absolute Gasteiger partial charge is 0.386 e. The highest BCUT2D eigenvalue weighted by atomic mass is 16.7. The lowest BCUT2D eigenvalue weighted by atomic mass is 9.76. The van der Waals surface area contributed by atoms with Crippen molar-refractivity contribution < 1.29 is 9.47 Å². The average molecular weight is 274 g/mol. The fourth-order valence-electron chi connectivity index (χ4n) is 4.89. The molecule has 2 saturated carbocycles. The number of hydrogen-bond donors (Lipinski definition) is 1. The lowest BCUT2D eigenvalue weighted by Crippen LogP contribution is -2.44. The third-order valence-electron chi connectivity index (χ3n) is 5.66. The second-order valence-corrected chi connectivity index (χ2v) is 5.85. The van der Waals surface area contributed by atoms with E-state index in [0.717, 1.165) is 32.1 Å². The lowest BCUT2D eigenvalue weighted by Gasteiger charge is -2.35. The maximum Gasteiger partial charge on any atom is 0.292 e.